The van der Waals surface area contributed by atoms with E-state index in [2.05, 4.69) is 6.58 Å². The first-order chi connectivity index (χ1) is 8.72. The van der Waals surface area contributed by atoms with Crippen LogP contribution in [0.3, 0.4) is 0 Å². The Balaban J connectivity index is 0.000000184. The fourth-order valence-electron chi connectivity index (χ4n) is 1.78. The first kappa shape index (κ1) is 15.1. The van der Waals surface area contributed by atoms with Crippen molar-refractivity contribution in [3.05, 3.63) is 42.5 Å². The zero-order valence-corrected chi connectivity index (χ0v) is 12.4. The second-order valence-electron chi connectivity index (χ2n) is 4.11. The van der Waals surface area contributed by atoms with Gasteiger partial charge in [-0.05, 0) is 18.4 Å². The summed E-state index contributed by atoms with van der Waals surface area (Å²) < 4.78 is 15.8. The van der Waals surface area contributed by atoms with Crippen molar-refractivity contribution >= 4 is 14.9 Å². The number of rotatable bonds is 5. The van der Waals surface area contributed by atoms with Crippen LogP contribution in [0.25, 0.3) is 6.08 Å². The SMILES string of the molecule is C=Cc1ccccc1.CO[Si](OC)(OC)C1CC1. The minimum absolute atomic E-state index is 0.562. The zero-order valence-electron chi connectivity index (χ0n) is 11.4. The fourth-order valence-corrected chi connectivity index (χ4v) is 4.15. The van der Waals surface area contributed by atoms with E-state index in [1.165, 1.54) is 18.4 Å². The van der Waals surface area contributed by atoms with Gasteiger partial charge < -0.3 is 13.3 Å². The highest BCUT2D eigenvalue weighted by Crippen LogP contribution is 2.45. The normalized spacial score (nSPS) is 14.6. The molecule has 1 fully saturated rings. The van der Waals surface area contributed by atoms with Gasteiger partial charge in [0.15, 0.2) is 0 Å². The molecule has 0 amide bonds. The first-order valence-corrected chi connectivity index (χ1v) is 7.85. The van der Waals surface area contributed by atoms with Gasteiger partial charge in [-0.15, -0.1) is 0 Å². The monoisotopic (exact) mass is 266 g/mol. The highest BCUT2D eigenvalue weighted by Gasteiger charge is 2.53. The van der Waals surface area contributed by atoms with E-state index < -0.39 is 8.80 Å². The molecule has 1 aromatic carbocycles. The van der Waals surface area contributed by atoms with Crippen molar-refractivity contribution in [2.45, 2.75) is 18.4 Å². The highest BCUT2D eigenvalue weighted by atomic mass is 28.4. The lowest BCUT2D eigenvalue weighted by Gasteiger charge is -2.23. The molecule has 0 heterocycles. The van der Waals surface area contributed by atoms with E-state index in [9.17, 15) is 0 Å². The van der Waals surface area contributed by atoms with Crippen LogP contribution < -0.4 is 0 Å². The van der Waals surface area contributed by atoms with Crippen LogP contribution in [-0.2, 0) is 13.3 Å². The molecule has 0 radical (unpaired) electrons. The van der Waals surface area contributed by atoms with Crippen LogP contribution in [-0.4, -0.2) is 30.1 Å². The molecule has 0 saturated heterocycles. The van der Waals surface area contributed by atoms with Gasteiger partial charge in [-0.3, -0.25) is 0 Å². The lowest BCUT2D eigenvalue weighted by Crippen LogP contribution is -2.43. The van der Waals surface area contributed by atoms with Crippen LogP contribution >= 0.6 is 0 Å². The maximum Gasteiger partial charge on any atom is 0.503 e. The maximum atomic E-state index is 5.25. The Hall–Kier alpha value is -0.943. The Labute approximate surface area is 111 Å². The summed E-state index contributed by atoms with van der Waals surface area (Å²) in [6, 6.07) is 10.0. The molecule has 1 aromatic rings. The molecule has 18 heavy (non-hydrogen) atoms. The molecule has 2 rings (SSSR count). The molecule has 1 aliphatic carbocycles. The molecular formula is C14H22O3Si. The van der Waals surface area contributed by atoms with Crippen LogP contribution in [0.5, 0.6) is 0 Å². The third kappa shape index (κ3) is 4.06. The smallest absolute Gasteiger partial charge is 0.377 e. The average molecular weight is 266 g/mol. The van der Waals surface area contributed by atoms with Crippen molar-refractivity contribution in [1.82, 2.24) is 0 Å². The van der Waals surface area contributed by atoms with Crippen molar-refractivity contribution in [2.24, 2.45) is 0 Å². The summed E-state index contributed by atoms with van der Waals surface area (Å²) in [5, 5.41) is 0. The Morgan fingerprint density at radius 3 is 1.78 bits per heavy atom. The standard InChI is InChI=1S/C8H8.C6H14O3Si/c1-2-8-6-4-3-5-7-8;1-7-10(8-2,9-3)6-4-5-6/h2-7H,1H2;6H,4-5H2,1-3H3. The summed E-state index contributed by atoms with van der Waals surface area (Å²) in [5.74, 6) is 0. The predicted octanol–water partition coefficient (Wildman–Crippen LogP) is 3.36. The van der Waals surface area contributed by atoms with Crippen molar-refractivity contribution in [3.63, 3.8) is 0 Å². The summed E-state index contributed by atoms with van der Waals surface area (Å²) in [6.07, 6.45) is 4.23. The molecule has 0 aliphatic heterocycles. The Morgan fingerprint density at radius 2 is 1.56 bits per heavy atom. The molecular weight excluding hydrogens is 244 g/mol. The summed E-state index contributed by atoms with van der Waals surface area (Å²) in [4.78, 5) is 0. The molecule has 0 bridgehead atoms. The van der Waals surface area contributed by atoms with Crippen molar-refractivity contribution < 1.29 is 13.3 Å². The van der Waals surface area contributed by atoms with Gasteiger partial charge in [0, 0.05) is 26.9 Å². The molecule has 0 spiro atoms. The molecule has 1 aliphatic rings. The van der Waals surface area contributed by atoms with Crippen LogP contribution in [0.1, 0.15) is 18.4 Å². The molecule has 4 heteroatoms. The van der Waals surface area contributed by atoms with E-state index in [1.807, 2.05) is 36.4 Å². The van der Waals surface area contributed by atoms with Gasteiger partial charge in [0.2, 0.25) is 0 Å². The topological polar surface area (TPSA) is 27.7 Å². The Morgan fingerprint density at radius 1 is 1.06 bits per heavy atom. The average Bonchev–Trinajstić information content (AvgIpc) is 3.28. The van der Waals surface area contributed by atoms with Crippen LogP contribution in [0, 0.1) is 0 Å². The summed E-state index contributed by atoms with van der Waals surface area (Å²) in [6.45, 7) is 3.63. The fraction of sp³-hybridized carbons (Fsp3) is 0.429. The second-order valence-corrected chi connectivity index (χ2v) is 7.35. The third-order valence-electron chi connectivity index (χ3n) is 2.97. The number of hydrogen-bond acceptors (Lipinski definition) is 3. The van der Waals surface area contributed by atoms with Crippen LogP contribution in [0.2, 0.25) is 5.54 Å². The summed E-state index contributed by atoms with van der Waals surface area (Å²) >= 11 is 0. The molecule has 1 saturated carbocycles. The second kappa shape index (κ2) is 7.48. The zero-order chi connectivity index (χ0) is 13.4. The van der Waals surface area contributed by atoms with Gasteiger partial charge in [-0.2, -0.15) is 0 Å². The van der Waals surface area contributed by atoms with E-state index in [-0.39, 0.29) is 0 Å². The highest BCUT2D eigenvalue weighted by molar-refractivity contribution is 6.63. The minimum Gasteiger partial charge on any atom is -0.377 e. The molecule has 0 N–H and O–H groups in total. The Bertz CT molecular complexity index is 337. The van der Waals surface area contributed by atoms with E-state index >= 15 is 0 Å². The summed E-state index contributed by atoms with van der Waals surface area (Å²) in [7, 11) is 2.81. The van der Waals surface area contributed by atoms with Gasteiger partial charge in [0.1, 0.15) is 0 Å². The largest absolute Gasteiger partial charge is 0.503 e. The summed E-state index contributed by atoms with van der Waals surface area (Å²) in [5.41, 5.74) is 1.74. The first-order valence-electron chi connectivity index (χ1n) is 6.05. The van der Waals surface area contributed by atoms with Gasteiger partial charge in [0.05, 0.1) is 0 Å². The van der Waals surface area contributed by atoms with Crippen molar-refractivity contribution in [1.29, 1.82) is 0 Å². The minimum atomic E-state index is -2.18. The predicted molar refractivity (Wildman–Crippen MR) is 76.3 cm³/mol. The maximum absolute atomic E-state index is 5.25. The number of benzene rings is 1. The van der Waals surface area contributed by atoms with E-state index in [0.717, 1.165) is 0 Å². The molecule has 0 unspecified atom stereocenters. The van der Waals surface area contributed by atoms with E-state index in [0.29, 0.717) is 5.54 Å². The molecule has 3 nitrogen and oxygen atoms in total. The molecule has 0 aromatic heterocycles. The lowest BCUT2D eigenvalue weighted by atomic mass is 10.2. The molecule has 100 valence electrons. The Kier molecular flexibility index (Phi) is 6.28. The van der Waals surface area contributed by atoms with Crippen molar-refractivity contribution in [3.8, 4) is 0 Å². The van der Waals surface area contributed by atoms with Gasteiger partial charge >= 0.3 is 8.80 Å². The van der Waals surface area contributed by atoms with E-state index in [1.54, 1.807) is 21.3 Å². The van der Waals surface area contributed by atoms with E-state index in [4.69, 9.17) is 13.3 Å². The number of hydrogen-bond donors (Lipinski definition) is 0. The van der Waals surface area contributed by atoms with Crippen LogP contribution in [0.15, 0.2) is 36.9 Å². The lowest BCUT2D eigenvalue weighted by molar-refractivity contribution is 0.121. The molecule has 0 atom stereocenters. The van der Waals surface area contributed by atoms with Crippen LogP contribution in [0.4, 0.5) is 0 Å². The van der Waals surface area contributed by atoms with Gasteiger partial charge in [-0.1, -0.05) is 43.0 Å². The quantitative estimate of drug-likeness (QED) is 0.765. The van der Waals surface area contributed by atoms with Crippen molar-refractivity contribution in [2.75, 3.05) is 21.3 Å². The van der Waals surface area contributed by atoms with Gasteiger partial charge in [-0.25, -0.2) is 0 Å². The third-order valence-corrected chi connectivity index (χ3v) is 6.25. The van der Waals surface area contributed by atoms with Gasteiger partial charge in [0.25, 0.3) is 0 Å².